The van der Waals surface area contributed by atoms with Gasteiger partial charge in [-0.25, -0.2) is 8.42 Å². The molecule has 0 aromatic heterocycles. The molecule has 0 fully saturated rings. The molecule has 1 amide bonds. The van der Waals surface area contributed by atoms with E-state index in [2.05, 4.69) is 5.32 Å². The Hall–Kier alpha value is -3.72. The second-order valence-electron chi connectivity index (χ2n) is 7.30. The topological polar surface area (TPSA) is 110 Å². The molecule has 0 spiro atoms. The number of non-ortho nitro benzene ring substituents is 1. The summed E-state index contributed by atoms with van der Waals surface area (Å²) in [5.74, 6) is -0.504. The summed E-state index contributed by atoms with van der Waals surface area (Å²) in [7, 11) is -4.09. The lowest BCUT2D eigenvalue weighted by Gasteiger charge is -2.25. The van der Waals surface area contributed by atoms with Crippen molar-refractivity contribution in [3.8, 4) is 0 Å². The summed E-state index contributed by atoms with van der Waals surface area (Å²) < 4.78 is 27.5. The second kappa shape index (κ2) is 9.61. The average Bonchev–Trinajstić information content (AvgIpc) is 2.78. The highest BCUT2D eigenvalue weighted by atomic mass is 32.2. The normalized spacial score (nSPS) is 12.1. The molecule has 0 bridgehead atoms. The molecule has 1 atom stereocenters. The van der Waals surface area contributed by atoms with Gasteiger partial charge in [-0.2, -0.15) is 0 Å². The summed E-state index contributed by atoms with van der Waals surface area (Å²) in [6.45, 7) is 3.29. The maximum atomic E-state index is 13.3. The molecule has 3 aromatic carbocycles. The van der Waals surface area contributed by atoms with Gasteiger partial charge >= 0.3 is 0 Å². The summed E-state index contributed by atoms with van der Waals surface area (Å²) in [5.41, 5.74) is 1.95. The molecule has 0 radical (unpaired) electrons. The fourth-order valence-corrected chi connectivity index (χ4v) is 4.57. The SMILES string of the molecule is Cc1ccc(C(C)NC(=O)CN(c2ccc([N+](=O)[O-])cc2)S(=O)(=O)c2ccccc2)cc1. The van der Waals surface area contributed by atoms with Crippen LogP contribution in [0.2, 0.25) is 0 Å². The van der Waals surface area contributed by atoms with Crippen LogP contribution >= 0.6 is 0 Å². The quantitative estimate of drug-likeness (QED) is 0.410. The van der Waals surface area contributed by atoms with Crippen LogP contribution in [0.5, 0.6) is 0 Å². The minimum atomic E-state index is -4.09. The Labute approximate surface area is 186 Å². The summed E-state index contributed by atoms with van der Waals surface area (Å²) in [6, 6.07) is 20.1. The molecule has 3 aromatic rings. The van der Waals surface area contributed by atoms with E-state index in [1.807, 2.05) is 38.1 Å². The van der Waals surface area contributed by atoms with E-state index in [9.17, 15) is 23.3 Å². The number of nitro benzene ring substituents is 1. The van der Waals surface area contributed by atoms with Gasteiger partial charge in [-0.3, -0.25) is 19.2 Å². The van der Waals surface area contributed by atoms with Gasteiger partial charge in [-0.05, 0) is 43.7 Å². The van der Waals surface area contributed by atoms with Crippen LogP contribution < -0.4 is 9.62 Å². The molecule has 0 aliphatic rings. The largest absolute Gasteiger partial charge is 0.348 e. The van der Waals surface area contributed by atoms with Crippen LogP contribution in [-0.2, 0) is 14.8 Å². The first-order valence-corrected chi connectivity index (χ1v) is 11.3. The number of rotatable bonds is 8. The van der Waals surface area contributed by atoms with Gasteiger partial charge < -0.3 is 5.32 Å². The van der Waals surface area contributed by atoms with Crippen molar-refractivity contribution in [3.05, 3.63) is 100 Å². The van der Waals surface area contributed by atoms with E-state index in [0.29, 0.717) is 0 Å². The number of carbonyl (C=O) groups is 1. The fourth-order valence-electron chi connectivity index (χ4n) is 3.13. The number of nitrogens with zero attached hydrogens (tertiary/aromatic N) is 2. The molecule has 32 heavy (non-hydrogen) atoms. The van der Waals surface area contributed by atoms with Crippen LogP contribution in [0.3, 0.4) is 0 Å². The fraction of sp³-hybridized carbons (Fsp3) is 0.174. The van der Waals surface area contributed by atoms with Crippen LogP contribution in [0.15, 0.2) is 83.8 Å². The molecule has 0 aliphatic carbocycles. The van der Waals surface area contributed by atoms with E-state index in [1.165, 1.54) is 36.4 Å². The molecule has 1 unspecified atom stereocenters. The first-order chi connectivity index (χ1) is 15.2. The lowest BCUT2D eigenvalue weighted by Crippen LogP contribution is -2.41. The van der Waals surface area contributed by atoms with E-state index in [-0.39, 0.29) is 22.3 Å². The predicted octanol–water partition coefficient (Wildman–Crippen LogP) is 3.98. The zero-order valence-corrected chi connectivity index (χ0v) is 18.5. The van der Waals surface area contributed by atoms with Crippen LogP contribution in [-0.4, -0.2) is 25.8 Å². The minimum absolute atomic E-state index is 0.0118. The Kier molecular flexibility index (Phi) is 6.89. The minimum Gasteiger partial charge on any atom is -0.348 e. The molecule has 166 valence electrons. The van der Waals surface area contributed by atoms with E-state index in [0.717, 1.165) is 15.4 Å². The smallest absolute Gasteiger partial charge is 0.269 e. The molecule has 0 heterocycles. The predicted molar refractivity (Wildman–Crippen MR) is 122 cm³/mol. The Bertz CT molecular complexity index is 1190. The molecule has 3 rings (SSSR count). The van der Waals surface area contributed by atoms with Crippen LogP contribution in [0, 0.1) is 17.0 Å². The molecule has 0 aliphatic heterocycles. The third-order valence-electron chi connectivity index (χ3n) is 4.92. The first kappa shape index (κ1) is 23.0. The zero-order valence-electron chi connectivity index (χ0n) is 17.6. The molecule has 0 saturated carbocycles. The van der Waals surface area contributed by atoms with Gasteiger partial charge in [0.15, 0.2) is 0 Å². The molecular weight excluding hydrogens is 430 g/mol. The van der Waals surface area contributed by atoms with Crippen molar-refractivity contribution in [2.24, 2.45) is 0 Å². The Morgan fingerprint density at radius 1 is 1.00 bits per heavy atom. The van der Waals surface area contributed by atoms with Crippen molar-refractivity contribution in [1.82, 2.24) is 5.32 Å². The number of hydrogen-bond donors (Lipinski definition) is 1. The standard InChI is InChI=1S/C23H23N3O5S/c1-17-8-10-19(11-9-17)18(2)24-23(27)16-25(20-12-14-21(15-13-20)26(28)29)32(30,31)22-6-4-3-5-7-22/h3-15,18H,16H2,1-2H3,(H,24,27). The van der Waals surface area contributed by atoms with Crippen molar-refractivity contribution in [3.63, 3.8) is 0 Å². The Morgan fingerprint density at radius 3 is 2.16 bits per heavy atom. The van der Waals surface area contributed by atoms with Crippen molar-refractivity contribution < 1.29 is 18.1 Å². The molecule has 8 nitrogen and oxygen atoms in total. The highest BCUT2D eigenvalue weighted by Crippen LogP contribution is 2.26. The van der Waals surface area contributed by atoms with Gasteiger partial charge in [0.05, 0.1) is 21.5 Å². The summed E-state index contributed by atoms with van der Waals surface area (Å²) in [5, 5.41) is 13.8. The molecular formula is C23H23N3O5S. The summed E-state index contributed by atoms with van der Waals surface area (Å²) >= 11 is 0. The van der Waals surface area contributed by atoms with Gasteiger partial charge in [-0.1, -0.05) is 48.0 Å². The van der Waals surface area contributed by atoms with Crippen molar-refractivity contribution in [1.29, 1.82) is 0 Å². The molecule has 1 N–H and O–H groups in total. The number of anilines is 1. The number of sulfonamides is 1. The number of aryl methyl sites for hydroxylation is 1. The van der Waals surface area contributed by atoms with Gasteiger partial charge in [-0.15, -0.1) is 0 Å². The van der Waals surface area contributed by atoms with Crippen LogP contribution in [0.25, 0.3) is 0 Å². The number of nitrogens with one attached hydrogen (secondary N) is 1. The Morgan fingerprint density at radius 2 is 1.59 bits per heavy atom. The molecule has 9 heteroatoms. The zero-order chi connectivity index (χ0) is 23.3. The first-order valence-electron chi connectivity index (χ1n) is 9.86. The lowest BCUT2D eigenvalue weighted by atomic mass is 10.1. The average molecular weight is 454 g/mol. The van der Waals surface area contributed by atoms with Crippen LogP contribution in [0.1, 0.15) is 24.1 Å². The van der Waals surface area contributed by atoms with Gasteiger partial charge in [0.25, 0.3) is 15.7 Å². The van der Waals surface area contributed by atoms with Crippen molar-refractivity contribution in [2.75, 3.05) is 10.8 Å². The van der Waals surface area contributed by atoms with Crippen molar-refractivity contribution in [2.45, 2.75) is 24.8 Å². The number of benzene rings is 3. The maximum Gasteiger partial charge on any atom is 0.269 e. The van der Waals surface area contributed by atoms with Gasteiger partial charge in [0.1, 0.15) is 6.54 Å². The second-order valence-corrected chi connectivity index (χ2v) is 9.16. The highest BCUT2D eigenvalue weighted by molar-refractivity contribution is 7.92. The number of hydrogen-bond acceptors (Lipinski definition) is 5. The number of carbonyl (C=O) groups excluding carboxylic acids is 1. The monoisotopic (exact) mass is 453 g/mol. The summed E-state index contributed by atoms with van der Waals surface area (Å²) in [6.07, 6.45) is 0. The third kappa shape index (κ3) is 5.30. The van der Waals surface area contributed by atoms with E-state index in [1.54, 1.807) is 18.2 Å². The third-order valence-corrected chi connectivity index (χ3v) is 6.71. The number of amides is 1. The van der Waals surface area contributed by atoms with Gasteiger partial charge in [0.2, 0.25) is 5.91 Å². The maximum absolute atomic E-state index is 13.3. The lowest BCUT2D eigenvalue weighted by molar-refractivity contribution is -0.384. The van der Waals surface area contributed by atoms with E-state index < -0.39 is 27.4 Å². The summed E-state index contributed by atoms with van der Waals surface area (Å²) in [4.78, 5) is 23.2. The van der Waals surface area contributed by atoms with Gasteiger partial charge in [0, 0.05) is 12.1 Å². The Balaban J connectivity index is 1.89. The van der Waals surface area contributed by atoms with Crippen molar-refractivity contribution >= 4 is 27.3 Å². The van der Waals surface area contributed by atoms with E-state index >= 15 is 0 Å². The molecule has 0 saturated heterocycles. The number of nitro groups is 1. The van der Waals surface area contributed by atoms with E-state index in [4.69, 9.17) is 0 Å². The van der Waals surface area contributed by atoms with Crippen LogP contribution in [0.4, 0.5) is 11.4 Å². The highest BCUT2D eigenvalue weighted by Gasteiger charge is 2.28.